The topological polar surface area (TPSA) is 52.5 Å². The highest BCUT2D eigenvalue weighted by molar-refractivity contribution is 5.26. The molecule has 0 radical (unpaired) electrons. The highest BCUT2D eigenvalue weighted by Gasteiger charge is 2.14. The summed E-state index contributed by atoms with van der Waals surface area (Å²) in [5.41, 5.74) is 1.21. The van der Waals surface area contributed by atoms with Gasteiger partial charge in [-0.25, -0.2) is 0 Å². The van der Waals surface area contributed by atoms with Crippen LogP contribution in [0.15, 0.2) is 24.3 Å². The summed E-state index contributed by atoms with van der Waals surface area (Å²) < 4.78 is 0. The number of aliphatic hydroxyl groups excluding tert-OH is 1. The monoisotopic (exact) mass is 223 g/mol. The number of benzene rings is 1. The fraction of sp³-hybridized carbons (Fsp3) is 0.538. The maximum atomic E-state index is 9.82. The molecule has 1 unspecified atom stereocenters. The lowest BCUT2D eigenvalue weighted by Crippen LogP contribution is -2.22. The van der Waals surface area contributed by atoms with Crippen molar-refractivity contribution < 1.29 is 10.2 Å². The molecule has 1 aromatic rings. The van der Waals surface area contributed by atoms with Gasteiger partial charge in [0.25, 0.3) is 0 Å². The zero-order valence-corrected chi connectivity index (χ0v) is 10.2. The van der Waals surface area contributed by atoms with Gasteiger partial charge in [0, 0.05) is 13.0 Å². The lowest BCUT2D eigenvalue weighted by atomic mass is 9.96. The Morgan fingerprint density at radius 2 is 2.06 bits per heavy atom. The van der Waals surface area contributed by atoms with Crippen molar-refractivity contribution in [1.82, 2.24) is 5.32 Å². The van der Waals surface area contributed by atoms with Crippen LogP contribution in [0.3, 0.4) is 0 Å². The van der Waals surface area contributed by atoms with E-state index >= 15 is 0 Å². The molecule has 3 nitrogen and oxygen atoms in total. The normalized spacial score (nSPS) is 13.8. The molecule has 3 N–H and O–H groups in total. The smallest absolute Gasteiger partial charge is 0.0914 e. The molecule has 0 aliphatic carbocycles. The fourth-order valence-electron chi connectivity index (χ4n) is 1.72. The van der Waals surface area contributed by atoms with Crippen LogP contribution in [-0.4, -0.2) is 29.4 Å². The maximum Gasteiger partial charge on any atom is 0.0914 e. The van der Waals surface area contributed by atoms with Crippen LogP contribution in [0.5, 0.6) is 0 Å². The summed E-state index contributed by atoms with van der Waals surface area (Å²) in [4.78, 5) is 0. The first-order chi connectivity index (χ1) is 7.42. The second kappa shape index (κ2) is 5.43. The Morgan fingerprint density at radius 3 is 2.62 bits per heavy atom. The molecule has 1 aromatic carbocycles. The van der Waals surface area contributed by atoms with Gasteiger partial charge >= 0.3 is 0 Å². The average molecular weight is 223 g/mol. The van der Waals surface area contributed by atoms with E-state index in [2.05, 4.69) is 5.32 Å². The van der Waals surface area contributed by atoms with E-state index in [1.807, 2.05) is 31.3 Å². The highest BCUT2D eigenvalue weighted by Crippen LogP contribution is 2.17. The van der Waals surface area contributed by atoms with E-state index in [1.165, 1.54) is 0 Å². The van der Waals surface area contributed by atoms with E-state index in [0.29, 0.717) is 13.0 Å². The Kier molecular flexibility index (Phi) is 4.47. The van der Waals surface area contributed by atoms with Crippen molar-refractivity contribution in [3.63, 3.8) is 0 Å². The molecule has 0 aliphatic heterocycles. The third-order valence-corrected chi connectivity index (χ3v) is 2.37. The summed E-state index contributed by atoms with van der Waals surface area (Å²) >= 11 is 0. The summed E-state index contributed by atoms with van der Waals surface area (Å²) in [6.45, 7) is 4.10. The van der Waals surface area contributed by atoms with E-state index in [-0.39, 0.29) is 0 Å². The number of likely N-dealkylation sites (N-methyl/N-ethyl adjacent to an activating group) is 1. The lowest BCUT2D eigenvalue weighted by molar-refractivity contribution is 0.0808. The quantitative estimate of drug-likeness (QED) is 0.704. The van der Waals surface area contributed by atoms with Crippen molar-refractivity contribution in [3.05, 3.63) is 35.4 Å². The first-order valence-electron chi connectivity index (χ1n) is 5.56. The Morgan fingerprint density at radius 1 is 1.38 bits per heavy atom. The number of hydrogen-bond donors (Lipinski definition) is 3. The van der Waals surface area contributed by atoms with Gasteiger partial charge in [0.15, 0.2) is 0 Å². The van der Waals surface area contributed by atoms with Crippen LogP contribution in [-0.2, 0) is 6.42 Å². The molecule has 1 atom stereocenters. The molecule has 0 aliphatic rings. The van der Waals surface area contributed by atoms with Crippen molar-refractivity contribution in [1.29, 1.82) is 0 Å². The van der Waals surface area contributed by atoms with Gasteiger partial charge in [0.05, 0.1) is 11.7 Å². The summed E-state index contributed by atoms with van der Waals surface area (Å²) in [5.74, 6) is 0. The van der Waals surface area contributed by atoms with Crippen LogP contribution in [0.25, 0.3) is 0 Å². The molecule has 16 heavy (non-hydrogen) atoms. The Balaban J connectivity index is 2.78. The molecule has 0 heterocycles. The van der Waals surface area contributed by atoms with E-state index in [1.54, 1.807) is 13.8 Å². The second-order valence-electron chi connectivity index (χ2n) is 4.81. The molecule has 0 aromatic heterocycles. The van der Waals surface area contributed by atoms with E-state index < -0.39 is 11.7 Å². The zero-order chi connectivity index (χ0) is 12.2. The van der Waals surface area contributed by atoms with Gasteiger partial charge < -0.3 is 15.5 Å². The molecule has 0 fully saturated rings. The zero-order valence-electron chi connectivity index (χ0n) is 10.2. The second-order valence-corrected chi connectivity index (χ2v) is 4.81. The van der Waals surface area contributed by atoms with Gasteiger partial charge in [-0.05, 0) is 32.0 Å². The number of aliphatic hydroxyl groups is 2. The SMILES string of the molecule is CNCC(O)c1cccc(CC(C)(C)O)c1. The van der Waals surface area contributed by atoms with E-state index in [9.17, 15) is 10.2 Å². The van der Waals surface area contributed by atoms with Gasteiger partial charge in [-0.1, -0.05) is 24.3 Å². The molecule has 0 bridgehead atoms. The van der Waals surface area contributed by atoms with Crippen LogP contribution in [0.4, 0.5) is 0 Å². The summed E-state index contributed by atoms with van der Waals surface area (Å²) in [5, 5.41) is 22.5. The average Bonchev–Trinajstić information content (AvgIpc) is 2.16. The van der Waals surface area contributed by atoms with Crippen molar-refractivity contribution in [3.8, 4) is 0 Å². The fourth-order valence-corrected chi connectivity index (χ4v) is 1.72. The predicted octanol–water partition coefficient (Wildman–Crippen LogP) is 1.25. The molecular formula is C13H21NO2. The largest absolute Gasteiger partial charge is 0.390 e. The first-order valence-corrected chi connectivity index (χ1v) is 5.56. The molecule has 0 saturated heterocycles. The van der Waals surface area contributed by atoms with Gasteiger partial charge in [-0.2, -0.15) is 0 Å². The summed E-state index contributed by atoms with van der Waals surface area (Å²) in [6.07, 6.45) is 0.0966. The van der Waals surface area contributed by atoms with Crippen molar-refractivity contribution >= 4 is 0 Å². The van der Waals surface area contributed by atoms with Gasteiger partial charge in [0.2, 0.25) is 0 Å². The standard InChI is InChI=1S/C13H21NO2/c1-13(2,16)8-10-5-4-6-11(7-10)12(15)9-14-3/h4-7,12,14-16H,8-9H2,1-3H3. The molecular weight excluding hydrogens is 202 g/mol. The van der Waals surface area contributed by atoms with E-state index in [4.69, 9.17) is 0 Å². The van der Waals surface area contributed by atoms with Crippen molar-refractivity contribution in [2.75, 3.05) is 13.6 Å². The van der Waals surface area contributed by atoms with Gasteiger partial charge in [-0.3, -0.25) is 0 Å². The van der Waals surface area contributed by atoms with E-state index in [0.717, 1.165) is 11.1 Å². The Bertz CT molecular complexity index is 331. The van der Waals surface area contributed by atoms with Gasteiger partial charge in [-0.15, -0.1) is 0 Å². The minimum atomic E-state index is -0.716. The summed E-state index contributed by atoms with van der Waals surface area (Å²) in [6, 6.07) is 7.72. The van der Waals surface area contributed by atoms with Crippen molar-refractivity contribution in [2.24, 2.45) is 0 Å². The van der Waals surface area contributed by atoms with Crippen molar-refractivity contribution in [2.45, 2.75) is 32.0 Å². The lowest BCUT2D eigenvalue weighted by Gasteiger charge is -2.18. The minimum Gasteiger partial charge on any atom is -0.390 e. The molecule has 90 valence electrons. The third-order valence-electron chi connectivity index (χ3n) is 2.37. The van der Waals surface area contributed by atoms with Gasteiger partial charge in [0.1, 0.15) is 0 Å². The van der Waals surface area contributed by atoms with Crippen LogP contribution >= 0.6 is 0 Å². The number of hydrogen-bond acceptors (Lipinski definition) is 3. The van der Waals surface area contributed by atoms with Crippen LogP contribution in [0, 0.1) is 0 Å². The van der Waals surface area contributed by atoms with Crippen LogP contribution in [0.2, 0.25) is 0 Å². The molecule has 3 heteroatoms. The number of nitrogens with one attached hydrogen (secondary N) is 1. The third kappa shape index (κ3) is 4.31. The predicted molar refractivity (Wildman–Crippen MR) is 65.3 cm³/mol. The van der Waals surface area contributed by atoms with Crippen LogP contribution < -0.4 is 5.32 Å². The molecule has 0 spiro atoms. The Labute approximate surface area is 97.1 Å². The highest BCUT2D eigenvalue weighted by atomic mass is 16.3. The summed E-state index contributed by atoms with van der Waals surface area (Å²) in [7, 11) is 1.81. The maximum absolute atomic E-state index is 9.82. The van der Waals surface area contributed by atoms with Crippen LogP contribution in [0.1, 0.15) is 31.1 Å². The molecule has 0 saturated carbocycles. The minimum absolute atomic E-state index is 0.494. The molecule has 1 rings (SSSR count). The number of rotatable bonds is 5. The first kappa shape index (κ1) is 13.2. The Hall–Kier alpha value is -0.900. The molecule has 0 amide bonds.